The zero-order chi connectivity index (χ0) is 15.2. The molecule has 2 heterocycles. The number of hydrogen-bond acceptors (Lipinski definition) is 6. The number of pyridine rings is 1. The van der Waals surface area contributed by atoms with Crippen molar-refractivity contribution in [3.63, 3.8) is 0 Å². The van der Waals surface area contributed by atoms with E-state index in [9.17, 15) is 10.1 Å². The molecule has 116 valence electrons. The van der Waals surface area contributed by atoms with Gasteiger partial charge in [-0.3, -0.25) is 10.1 Å². The Kier molecular flexibility index (Phi) is 5.32. The molecule has 0 aliphatic carbocycles. The van der Waals surface area contributed by atoms with Crippen LogP contribution in [0, 0.1) is 10.1 Å². The Bertz CT molecular complexity index is 495. The van der Waals surface area contributed by atoms with Crippen molar-refractivity contribution in [1.29, 1.82) is 0 Å². The van der Waals surface area contributed by atoms with E-state index >= 15 is 0 Å². The molecule has 1 unspecified atom stereocenters. The largest absolute Gasteiger partial charge is 0.377 e. The smallest absolute Gasteiger partial charge is 0.311 e. The number of rotatable bonds is 5. The maximum Gasteiger partial charge on any atom is 0.311 e. The third-order valence-electron chi connectivity index (χ3n) is 3.36. The number of nitrogens with one attached hydrogen (secondary N) is 1. The molecule has 1 aromatic heterocycles. The molecule has 0 saturated carbocycles. The highest BCUT2D eigenvalue weighted by molar-refractivity contribution is 5.62. The second-order valence-electron chi connectivity index (χ2n) is 5.20. The summed E-state index contributed by atoms with van der Waals surface area (Å²) in [6.07, 6.45) is 1.86. The molecule has 7 heteroatoms. The molecule has 1 fully saturated rings. The van der Waals surface area contributed by atoms with Gasteiger partial charge in [0.05, 0.1) is 11.0 Å². The second kappa shape index (κ2) is 7.21. The van der Waals surface area contributed by atoms with Crippen LogP contribution < -0.4 is 10.2 Å². The molecular formula is C14H22N4O3. The molecule has 0 radical (unpaired) electrons. The summed E-state index contributed by atoms with van der Waals surface area (Å²) in [5.74, 6) is 1.11. The van der Waals surface area contributed by atoms with Gasteiger partial charge >= 0.3 is 5.69 Å². The van der Waals surface area contributed by atoms with Gasteiger partial charge < -0.3 is 15.0 Å². The van der Waals surface area contributed by atoms with Crippen molar-refractivity contribution in [2.75, 3.05) is 36.5 Å². The maximum absolute atomic E-state index is 11.2. The van der Waals surface area contributed by atoms with Gasteiger partial charge in [0.1, 0.15) is 5.82 Å². The lowest BCUT2D eigenvalue weighted by Crippen LogP contribution is -2.31. The van der Waals surface area contributed by atoms with Crippen molar-refractivity contribution < 1.29 is 9.66 Å². The van der Waals surface area contributed by atoms with E-state index in [1.807, 2.05) is 11.8 Å². The fourth-order valence-electron chi connectivity index (χ4n) is 2.35. The molecule has 0 aromatic carbocycles. The van der Waals surface area contributed by atoms with Crippen molar-refractivity contribution >= 4 is 17.3 Å². The first kappa shape index (κ1) is 15.5. The van der Waals surface area contributed by atoms with Crippen molar-refractivity contribution in [3.8, 4) is 0 Å². The summed E-state index contributed by atoms with van der Waals surface area (Å²) in [7, 11) is 0. The number of nitrogens with zero attached hydrogens (tertiary/aromatic N) is 3. The number of hydrogen-bond donors (Lipinski definition) is 1. The summed E-state index contributed by atoms with van der Waals surface area (Å²) in [6, 6.07) is 3.19. The first-order valence-corrected chi connectivity index (χ1v) is 7.37. The minimum absolute atomic E-state index is 0.0427. The highest BCUT2D eigenvalue weighted by atomic mass is 16.6. The minimum atomic E-state index is -0.373. The Hall–Kier alpha value is -1.89. The average molecular weight is 294 g/mol. The van der Waals surface area contributed by atoms with Crippen LogP contribution in [0.25, 0.3) is 0 Å². The first-order valence-electron chi connectivity index (χ1n) is 7.37. The highest BCUT2D eigenvalue weighted by Gasteiger charge is 2.24. The fourth-order valence-corrected chi connectivity index (χ4v) is 2.35. The van der Waals surface area contributed by atoms with E-state index in [-0.39, 0.29) is 16.7 Å². The van der Waals surface area contributed by atoms with Gasteiger partial charge in [-0.15, -0.1) is 0 Å². The van der Waals surface area contributed by atoms with Gasteiger partial charge in [0.25, 0.3) is 0 Å². The Labute approximate surface area is 124 Å². The van der Waals surface area contributed by atoms with Crippen LogP contribution in [0.3, 0.4) is 0 Å². The predicted molar refractivity (Wildman–Crippen MR) is 81.9 cm³/mol. The molecule has 0 amide bonds. The highest BCUT2D eigenvalue weighted by Crippen LogP contribution is 2.29. The Morgan fingerprint density at radius 3 is 3.10 bits per heavy atom. The molecule has 0 bridgehead atoms. The van der Waals surface area contributed by atoms with E-state index in [1.54, 1.807) is 6.07 Å². The Morgan fingerprint density at radius 2 is 2.38 bits per heavy atom. The fraction of sp³-hybridized carbons (Fsp3) is 0.643. The molecular weight excluding hydrogens is 272 g/mol. The molecule has 1 N–H and O–H groups in total. The van der Waals surface area contributed by atoms with Gasteiger partial charge in [-0.1, -0.05) is 6.92 Å². The van der Waals surface area contributed by atoms with Crippen LogP contribution >= 0.6 is 0 Å². The van der Waals surface area contributed by atoms with Crippen LogP contribution in [0.4, 0.5) is 17.3 Å². The molecule has 1 aliphatic heterocycles. The number of aromatic nitrogens is 1. The minimum Gasteiger partial charge on any atom is -0.377 e. The lowest BCUT2D eigenvalue weighted by atomic mass is 10.3. The normalized spacial score (nSPS) is 19.1. The number of nitro groups is 1. The van der Waals surface area contributed by atoms with Crippen molar-refractivity contribution in [2.45, 2.75) is 32.8 Å². The van der Waals surface area contributed by atoms with E-state index in [2.05, 4.69) is 17.2 Å². The third-order valence-corrected chi connectivity index (χ3v) is 3.36. The zero-order valence-electron chi connectivity index (χ0n) is 12.5. The van der Waals surface area contributed by atoms with E-state index < -0.39 is 0 Å². The molecule has 1 aromatic rings. The van der Waals surface area contributed by atoms with Crippen molar-refractivity contribution in [3.05, 3.63) is 22.2 Å². The SMILES string of the molecule is CCCNc1ccc([N+](=O)[O-])c(N2CCCOC(C)C2)n1. The third kappa shape index (κ3) is 4.04. The number of ether oxygens (including phenoxy) is 1. The van der Waals surface area contributed by atoms with Crippen molar-refractivity contribution in [1.82, 2.24) is 4.98 Å². The molecule has 1 atom stereocenters. The lowest BCUT2D eigenvalue weighted by Gasteiger charge is -2.23. The van der Waals surface area contributed by atoms with Crippen LogP contribution in [0.1, 0.15) is 26.7 Å². The summed E-state index contributed by atoms with van der Waals surface area (Å²) < 4.78 is 5.60. The van der Waals surface area contributed by atoms with E-state index in [4.69, 9.17) is 4.74 Å². The lowest BCUT2D eigenvalue weighted by molar-refractivity contribution is -0.384. The quantitative estimate of drug-likeness (QED) is 0.663. The number of anilines is 2. The van der Waals surface area contributed by atoms with Crippen LogP contribution in [0.15, 0.2) is 12.1 Å². The summed E-state index contributed by atoms with van der Waals surface area (Å²) >= 11 is 0. The molecule has 1 aliphatic rings. The summed E-state index contributed by atoms with van der Waals surface area (Å²) in [5.41, 5.74) is 0.0474. The standard InChI is InChI=1S/C14H22N4O3/c1-3-7-15-13-6-5-12(18(19)20)14(16-13)17-8-4-9-21-11(2)10-17/h5-6,11H,3-4,7-10H2,1-2H3,(H,15,16). The van der Waals surface area contributed by atoms with Gasteiger partial charge in [-0.25, -0.2) is 4.98 Å². The Balaban J connectivity index is 2.30. The molecule has 2 rings (SSSR count). The molecule has 1 saturated heterocycles. The van der Waals surface area contributed by atoms with Gasteiger partial charge in [0.15, 0.2) is 0 Å². The maximum atomic E-state index is 11.2. The monoisotopic (exact) mass is 294 g/mol. The Morgan fingerprint density at radius 1 is 1.57 bits per heavy atom. The average Bonchev–Trinajstić information content (AvgIpc) is 2.69. The topological polar surface area (TPSA) is 80.5 Å². The van der Waals surface area contributed by atoms with Gasteiger partial charge in [-0.05, 0) is 25.8 Å². The second-order valence-corrected chi connectivity index (χ2v) is 5.20. The van der Waals surface area contributed by atoms with Crippen LogP contribution in [0.2, 0.25) is 0 Å². The van der Waals surface area contributed by atoms with E-state index in [0.29, 0.717) is 24.8 Å². The van der Waals surface area contributed by atoms with Gasteiger partial charge in [0.2, 0.25) is 5.82 Å². The van der Waals surface area contributed by atoms with Crippen LogP contribution in [0.5, 0.6) is 0 Å². The van der Waals surface area contributed by atoms with E-state index in [1.165, 1.54) is 6.07 Å². The van der Waals surface area contributed by atoms with Crippen LogP contribution in [-0.2, 0) is 4.74 Å². The zero-order valence-corrected chi connectivity index (χ0v) is 12.5. The molecule has 0 spiro atoms. The molecule has 7 nitrogen and oxygen atoms in total. The summed E-state index contributed by atoms with van der Waals surface area (Å²) in [5, 5.41) is 14.4. The predicted octanol–water partition coefficient (Wildman–Crippen LogP) is 2.43. The van der Waals surface area contributed by atoms with Gasteiger partial charge in [0, 0.05) is 32.3 Å². The first-order chi connectivity index (χ1) is 10.1. The van der Waals surface area contributed by atoms with E-state index in [0.717, 1.165) is 25.9 Å². The van der Waals surface area contributed by atoms with Gasteiger partial charge in [-0.2, -0.15) is 0 Å². The molecule has 21 heavy (non-hydrogen) atoms. The van der Waals surface area contributed by atoms with Crippen molar-refractivity contribution in [2.24, 2.45) is 0 Å². The van der Waals surface area contributed by atoms with Crippen LogP contribution in [-0.4, -0.2) is 42.3 Å². The summed E-state index contributed by atoms with van der Waals surface area (Å²) in [6.45, 7) is 6.85. The summed E-state index contributed by atoms with van der Waals surface area (Å²) in [4.78, 5) is 17.3.